The largest absolute Gasteiger partial charge is 0.484 e. The molecule has 150 valence electrons. The number of rotatable bonds is 9. The molecule has 2 amide bonds. The maximum absolute atomic E-state index is 12.9. The van der Waals surface area contributed by atoms with Crippen LogP contribution in [0.5, 0.6) is 5.75 Å². The van der Waals surface area contributed by atoms with E-state index in [4.69, 9.17) is 16.3 Å². The molecule has 2 aromatic rings. The minimum absolute atomic E-state index is 0.139. The van der Waals surface area contributed by atoms with Gasteiger partial charge < -0.3 is 15.0 Å². The Morgan fingerprint density at radius 2 is 1.68 bits per heavy atom. The number of hydrogen-bond acceptors (Lipinski definition) is 3. The second-order valence-corrected chi connectivity index (χ2v) is 7.50. The number of para-hydroxylation sites is 1. The summed E-state index contributed by atoms with van der Waals surface area (Å²) in [6.45, 7) is 6.49. The van der Waals surface area contributed by atoms with Gasteiger partial charge in [-0.2, -0.15) is 0 Å². The Morgan fingerprint density at radius 1 is 1.04 bits per heavy atom. The van der Waals surface area contributed by atoms with Gasteiger partial charge in [-0.3, -0.25) is 9.59 Å². The van der Waals surface area contributed by atoms with E-state index in [2.05, 4.69) is 5.32 Å². The molecule has 6 heteroatoms. The molecular formula is C22H27ClN2O3. The van der Waals surface area contributed by atoms with Crippen molar-refractivity contribution >= 4 is 23.4 Å². The summed E-state index contributed by atoms with van der Waals surface area (Å²) < 4.78 is 5.59. The first-order valence-electron chi connectivity index (χ1n) is 9.36. The van der Waals surface area contributed by atoms with Crippen LogP contribution in [0.4, 0.5) is 0 Å². The van der Waals surface area contributed by atoms with Crippen molar-refractivity contribution in [3.05, 3.63) is 65.2 Å². The van der Waals surface area contributed by atoms with Gasteiger partial charge in [-0.25, -0.2) is 0 Å². The number of ether oxygens (including phenoxy) is 1. The fourth-order valence-electron chi connectivity index (χ4n) is 2.57. The number of amides is 2. The minimum Gasteiger partial charge on any atom is -0.484 e. The standard InChI is InChI=1S/C22H27ClN2O3/c1-16(2)13-24-22(27)17(3)25(14-18-9-11-19(23)12-10-18)21(26)15-28-20-7-5-4-6-8-20/h4-12,16-17H,13-15H2,1-3H3,(H,24,27)/t17-/m0/s1. The van der Waals surface area contributed by atoms with Crippen molar-refractivity contribution < 1.29 is 14.3 Å². The number of benzene rings is 2. The number of nitrogens with one attached hydrogen (secondary N) is 1. The van der Waals surface area contributed by atoms with Crippen LogP contribution in [0.1, 0.15) is 26.3 Å². The molecule has 0 fully saturated rings. The van der Waals surface area contributed by atoms with Crippen LogP contribution < -0.4 is 10.1 Å². The molecule has 2 rings (SSSR count). The Morgan fingerprint density at radius 3 is 2.29 bits per heavy atom. The van der Waals surface area contributed by atoms with Crippen LogP contribution >= 0.6 is 11.6 Å². The molecule has 0 bridgehead atoms. The maximum atomic E-state index is 12.9. The number of halogens is 1. The zero-order valence-electron chi connectivity index (χ0n) is 16.5. The Kier molecular flexibility index (Phi) is 8.33. The molecule has 0 saturated heterocycles. The summed E-state index contributed by atoms with van der Waals surface area (Å²) in [7, 11) is 0. The van der Waals surface area contributed by atoms with Crippen molar-refractivity contribution in [1.82, 2.24) is 10.2 Å². The van der Waals surface area contributed by atoms with Crippen LogP contribution in [0.2, 0.25) is 5.02 Å². The number of carbonyl (C=O) groups excluding carboxylic acids is 2. The molecule has 1 atom stereocenters. The van der Waals surface area contributed by atoms with E-state index in [-0.39, 0.29) is 18.4 Å². The molecule has 0 unspecified atom stereocenters. The lowest BCUT2D eigenvalue weighted by Gasteiger charge is -2.29. The second-order valence-electron chi connectivity index (χ2n) is 7.06. The van der Waals surface area contributed by atoms with Gasteiger partial charge in [-0.1, -0.05) is 55.8 Å². The second kappa shape index (κ2) is 10.7. The molecule has 2 aromatic carbocycles. The number of hydrogen-bond donors (Lipinski definition) is 1. The van der Waals surface area contributed by atoms with Crippen LogP contribution in [0.25, 0.3) is 0 Å². The molecule has 5 nitrogen and oxygen atoms in total. The topological polar surface area (TPSA) is 58.6 Å². The van der Waals surface area contributed by atoms with Crippen molar-refractivity contribution in [1.29, 1.82) is 0 Å². The van der Waals surface area contributed by atoms with E-state index in [1.807, 2.05) is 44.2 Å². The van der Waals surface area contributed by atoms with E-state index in [0.717, 1.165) is 5.56 Å². The monoisotopic (exact) mass is 402 g/mol. The van der Waals surface area contributed by atoms with Gasteiger partial charge in [0, 0.05) is 18.1 Å². The van der Waals surface area contributed by atoms with Crippen molar-refractivity contribution in [2.45, 2.75) is 33.4 Å². The van der Waals surface area contributed by atoms with E-state index in [9.17, 15) is 9.59 Å². The van der Waals surface area contributed by atoms with Gasteiger partial charge in [0.1, 0.15) is 11.8 Å². The molecule has 0 aliphatic heterocycles. The zero-order valence-corrected chi connectivity index (χ0v) is 17.3. The lowest BCUT2D eigenvalue weighted by molar-refractivity contribution is -0.142. The van der Waals surface area contributed by atoms with Crippen LogP contribution in [0.15, 0.2) is 54.6 Å². The Bertz CT molecular complexity index is 763. The summed E-state index contributed by atoms with van der Waals surface area (Å²) in [5.41, 5.74) is 0.890. The molecule has 0 radical (unpaired) electrons. The average Bonchev–Trinajstić information content (AvgIpc) is 2.70. The van der Waals surface area contributed by atoms with Crippen molar-refractivity contribution in [3.63, 3.8) is 0 Å². The Balaban J connectivity index is 2.10. The van der Waals surface area contributed by atoms with Crippen LogP contribution in [0, 0.1) is 5.92 Å². The lowest BCUT2D eigenvalue weighted by Crippen LogP contribution is -2.49. The van der Waals surface area contributed by atoms with Gasteiger partial charge in [0.05, 0.1) is 0 Å². The van der Waals surface area contributed by atoms with E-state index in [1.54, 1.807) is 31.2 Å². The van der Waals surface area contributed by atoms with Gasteiger partial charge in [0.2, 0.25) is 5.91 Å². The molecule has 0 spiro atoms. The summed E-state index contributed by atoms with van der Waals surface area (Å²) in [5.74, 6) is 0.499. The van der Waals surface area contributed by atoms with Gasteiger partial charge >= 0.3 is 0 Å². The van der Waals surface area contributed by atoms with E-state index >= 15 is 0 Å². The van der Waals surface area contributed by atoms with Crippen molar-refractivity contribution in [2.75, 3.05) is 13.2 Å². The molecule has 0 aliphatic carbocycles. The summed E-state index contributed by atoms with van der Waals surface area (Å²) in [4.78, 5) is 26.9. The lowest BCUT2D eigenvalue weighted by atomic mass is 10.1. The van der Waals surface area contributed by atoms with Crippen molar-refractivity contribution in [2.24, 2.45) is 5.92 Å². The quantitative estimate of drug-likeness (QED) is 0.691. The minimum atomic E-state index is -0.624. The zero-order chi connectivity index (χ0) is 20.5. The highest BCUT2D eigenvalue weighted by molar-refractivity contribution is 6.30. The first-order valence-corrected chi connectivity index (χ1v) is 9.74. The number of nitrogens with zero attached hydrogens (tertiary/aromatic N) is 1. The fourth-order valence-corrected chi connectivity index (χ4v) is 2.69. The molecule has 1 N–H and O–H groups in total. The normalized spacial score (nSPS) is 11.8. The molecule has 0 aliphatic rings. The summed E-state index contributed by atoms with van der Waals surface area (Å²) in [6.07, 6.45) is 0. The molecular weight excluding hydrogens is 376 g/mol. The summed E-state index contributed by atoms with van der Waals surface area (Å²) >= 11 is 5.95. The third kappa shape index (κ3) is 6.89. The van der Waals surface area contributed by atoms with E-state index in [1.165, 1.54) is 4.90 Å². The predicted molar refractivity (Wildman–Crippen MR) is 111 cm³/mol. The van der Waals surface area contributed by atoms with E-state index < -0.39 is 6.04 Å². The van der Waals surface area contributed by atoms with E-state index in [0.29, 0.717) is 29.8 Å². The third-order valence-electron chi connectivity index (χ3n) is 4.22. The molecule has 28 heavy (non-hydrogen) atoms. The van der Waals surface area contributed by atoms with Crippen LogP contribution in [-0.2, 0) is 16.1 Å². The van der Waals surface area contributed by atoms with Gasteiger partial charge in [0.25, 0.3) is 5.91 Å². The summed E-state index contributed by atoms with van der Waals surface area (Å²) in [5, 5.41) is 3.51. The first-order chi connectivity index (χ1) is 13.4. The first kappa shape index (κ1) is 21.8. The molecule has 0 aromatic heterocycles. The smallest absolute Gasteiger partial charge is 0.261 e. The van der Waals surface area contributed by atoms with Crippen LogP contribution in [0.3, 0.4) is 0 Å². The molecule has 0 heterocycles. The van der Waals surface area contributed by atoms with Gasteiger partial charge in [0.15, 0.2) is 6.61 Å². The highest BCUT2D eigenvalue weighted by Gasteiger charge is 2.26. The predicted octanol–water partition coefficient (Wildman–Crippen LogP) is 3.91. The van der Waals surface area contributed by atoms with Gasteiger partial charge in [-0.15, -0.1) is 0 Å². The maximum Gasteiger partial charge on any atom is 0.261 e. The summed E-state index contributed by atoms with van der Waals surface area (Å²) in [6, 6.07) is 15.7. The van der Waals surface area contributed by atoms with Gasteiger partial charge in [-0.05, 0) is 42.7 Å². The highest BCUT2D eigenvalue weighted by Crippen LogP contribution is 2.15. The van der Waals surface area contributed by atoms with Crippen molar-refractivity contribution in [3.8, 4) is 5.75 Å². The fraction of sp³-hybridized carbons (Fsp3) is 0.364. The number of carbonyl (C=O) groups is 2. The Hall–Kier alpha value is -2.53. The van der Waals surface area contributed by atoms with Crippen LogP contribution in [-0.4, -0.2) is 35.9 Å². The third-order valence-corrected chi connectivity index (χ3v) is 4.48. The molecule has 0 saturated carbocycles. The SMILES string of the molecule is CC(C)CNC(=O)[C@H](C)N(Cc1ccc(Cl)cc1)C(=O)COc1ccccc1. The average molecular weight is 403 g/mol. The Labute approximate surface area is 171 Å². The highest BCUT2D eigenvalue weighted by atomic mass is 35.5.